The number of carbonyl (C=O) groups excluding carboxylic acids is 2. The summed E-state index contributed by atoms with van der Waals surface area (Å²) in [6.07, 6.45) is 1.08. The van der Waals surface area contributed by atoms with E-state index in [1.165, 1.54) is 11.8 Å². The summed E-state index contributed by atoms with van der Waals surface area (Å²) >= 11 is 12.1. The van der Waals surface area contributed by atoms with Gasteiger partial charge in [-0.2, -0.15) is 0 Å². The fourth-order valence-electron chi connectivity index (χ4n) is 1.81. The molecule has 0 heterocycles. The van der Waals surface area contributed by atoms with Gasteiger partial charge >= 0.3 is 0 Å². The SMILES string of the molecule is CCC(C)NC(=O)CCN(C(C)=O)c1cccc(Cl)c1Cl. The Balaban J connectivity index is 2.78. The van der Waals surface area contributed by atoms with Crippen LogP contribution in [0.3, 0.4) is 0 Å². The van der Waals surface area contributed by atoms with E-state index in [0.717, 1.165) is 6.42 Å². The van der Waals surface area contributed by atoms with Gasteiger partial charge in [0.25, 0.3) is 0 Å². The summed E-state index contributed by atoms with van der Waals surface area (Å²) in [6.45, 7) is 5.63. The van der Waals surface area contributed by atoms with E-state index in [-0.39, 0.29) is 30.8 Å². The number of halogens is 2. The second-order valence-electron chi connectivity index (χ2n) is 4.87. The van der Waals surface area contributed by atoms with Crippen molar-refractivity contribution in [3.8, 4) is 0 Å². The number of benzene rings is 1. The molecule has 4 nitrogen and oxygen atoms in total. The number of nitrogens with one attached hydrogen (secondary N) is 1. The lowest BCUT2D eigenvalue weighted by molar-refractivity contribution is -0.121. The molecule has 0 fully saturated rings. The van der Waals surface area contributed by atoms with Gasteiger partial charge in [-0.3, -0.25) is 9.59 Å². The Labute approximate surface area is 135 Å². The van der Waals surface area contributed by atoms with Crippen molar-refractivity contribution in [3.05, 3.63) is 28.2 Å². The summed E-state index contributed by atoms with van der Waals surface area (Å²) in [6, 6.07) is 5.21. The summed E-state index contributed by atoms with van der Waals surface area (Å²) < 4.78 is 0. The Kier molecular flexibility index (Phi) is 6.99. The van der Waals surface area contributed by atoms with Crippen LogP contribution >= 0.6 is 23.2 Å². The summed E-state index contributed by atoms with van der Waals surface area (Å²) in [7, 11) is 0. The molecular formula is C15H20Cl2N2O2. The lowest BCUT2D eigenvalue weighted by atomic mass is 10.2. The van der Waals surface area contributed by atoms with E-state index < -0.39 is 0 Å². The van der Waals surface area contributed by atoms with E-state index in [9.17, 15) is 9.59 Å². The fourth-order valence-corrected chi connectivity index (χ4v) is 2.21. The minimum absolute atomic E-state index is 0.0891. The first-order valence-electron chi connectivity index (χ1n) is 6.88. The number of hydrogen-bond acceptors (Lipinski definition) is 2. The zero-order valence-corrected chi connectivity index (χ0v) is 14.0. The van der Waals surface area contributed by atoms with Crippen molar-refractivity contribution >= 4 is 40.7 Å². The summed E-state index contributed by atoms with van der Waals surface area (Å²) in [5, 5.41) is 3.56. The largest absolute Gasteiger partial charge is 0.354 e. The molecule has 1 aromatic carbocycles. The van der Waals surface area contributed by atoms with Crippen molar-refractivity contribution in [3.63, 3.8) is 0 Å². The highest BCUT2D eigenvalue weighted by Gasteiger charge is 2.17. The minimum Gasteiger partial charge on any atom is -0.354 e. The van der Waals surface area contributed by atoms with Crippen LogP contribution in [0.4, 0.5) is 5.69 Å². The molecule has 0 aliphatic rings. The molecule has 0 saturated carbocycles. The van der Waals surface area contributed by atoms with Gasteiger partial charge in [0.15, 0.2) is 0 Å². The Bertz CT molecular complexity index is 520. The number of hydrogen-bond donors (Lipinski definition) is 1. The highest BCUT2D eigenvalue weighted by Crippen LogP contribution is 2.32. The molecule has 6 heteroatoms. The Hall–Kier alpha value is -1.26. The molecule has 1 rings (SSSR count). The maximum Gasteiger partial charge on any atom is 0.223 e. The lowest BCUT2D eigenvalue weighted by Gasteiger charge is -2.23. The van der Waals surface area contributed by atoms with Crippen LogP contribution in [-0.4, -0.2) is 24.4 Å². The third-order valence-corrected chi connectivity index (χ3v) is 3.99. The van der Waals surface area contributed by atoms with Crippen molar-refractivity contribution in [1.29, 1.82) is 0 Å². The molecule has 21 heavy (non-hydrogen) atoms. The zero-order chi connectivity index (χ0) is 16.0. The van der Waals surface area contributed by atoms with Gasteiger partial charge in [0.1, 0.15) is 0 Å². The topological polar surface area (TPSA) is 49.4 Å². The highest BCUT2D eigenvalue weighted by molar-refractivity contribution is 6.44. The van der Waals surface area contributed by atoms with Crippen molar-refractivity contribution in [2.24, 2.45) is 0 Å². The van der Waals surface area contributed by atoms with Crippen molar-refractivity contribution in [2.45, 2.75) is 39.7 Å². The van der Waals surface area contributed by atoms with E-state index in [1.54, 1.807) is 18.2 Å². The molecule has 0 bridgehead atoms. The molecule has 0 saturated heterocycles. The van der Waals surface area contributed by atoms with Crippen LogP contribution < -0.4 is 10.2 Å². The molecule has 0 spiro atoms. The maximum atomic E-state index is 11.8. The van der Waals surface area contributed by atoms with Crippen LogP contribution in [0.25, 0.3) is 0 Å². The Morgan fingerprint density at radius 1 is 1.33 bits per heavy atom. The normalized spacial score (nSPS) is 11.9. The first kappa shape index (κ1) is 17.8. The molecule has 0 aliphatic heterocycles. The second-order valence-corrected chi connectivity index (χ2v) is 5.66. The maximum absolute atomic E-state index is 11.8. The van der Waals surface area contributed by atoms with Crippen LogP contribution in [0.5, 0.6) is 0 Å². The minimum atomic E-state index is -0.185. The van der Waals surface area contributed by atoms with Gasteiger partial charge in [0.2, 0.25) is 11.8 Å². The molecular weight excluding hydrogens is 311 g/mol. The van der Waals surface area contributed by atoms with E-state index in [4.69, 9.17) is 23.2 Å². The molecule has 2 amide bonds. The van der Waals surface area contributed by atoms with E-state index in [2.05, 4.69) is 5.32 Å². The second kappa shape index (κ2) is 8.25. The summed E-state index contributed by atoms with van der Waals surface area (Å²) in [5.74, 6) is -0.274. The monoisotopic (exact) mass is 330 g/mol. The first-order valence-corrected chi connectivity index (χ1v) is 7.63. The molecule has 1 unspecified atom stereocenters. The number of amides is 2. The van der Waals surface area contributed by atoms with Gasteiger partial charge < -0.3 is 10.2 Å². The van der Waals surface area contributed by atoms with Gasteiger partial charge in [0, 0.05) is 25.9 Å². The first-order chi connectivity index (χ1) is 9.86. The summed E-state index contributed by atoms with van der Waals surface area (Å²) in [5.41, 5.74) is 0.521. The van der Waals surface area contributed by atoms with E-state index in [1.807, 2.05) is 13.8 Å². The highest BCUT2D eigenvalue weighted by atomic mass is 35.5. The average molecular weight is 331 g/mol. The molecule has 1 atom stereocenters. The average Bonchev–Trinajstić information content (AvgIpc) is 2.42. The van der Waals surface area contributed by atoms with Gasteiger partial charge in [0.05, 0.1) is 15.7 Å². The van der Waals surface area contributed by atoms with Gasteiger partial charge in [-0.1, -0.05) is 36.2 Å². The number of carbonyl (C=O) groups is 2. The van der Waals surface area contributed by atoms with Gasteiger partial charge in [-0.05, 0) is 25.5 Å². The van der Waals surface area contributed by atoms with Crippen molar-refractivity contribution < 1.29 is 9.59 Å². The van der Waals surface area contributed by atoms with Crippen LogP contribution in [0.2, 0.25) is 10.0 Å². The fraction of sp³-hybridized carbons (Fsp3) is 0.467. The van der Waals surface area contributed by atoms with Crippen LogP contribution in [0.1, 0.15) is 33.6 Å². The molecule has 0 radical (unpaired) electrons. The lowest BCUT2D eigenvalue weighted by Crippen LogP contribution is -2.37. The predicted molar refractivity (Wildman–Crippen MR) is 87.0 cm³/mol. The van der Waals surface area contributed by atoms with Gasteiger partial charge in [-0.25, -0.2) is 0 Å². The van der Waals surface area contributed by atoms with E-state index in [0.29, 0.717) is 15.7 Å². The van der Waals surface area contributed by atoms with Crippen LogP contribution in [0, 0.1) is 0 Å². The molecule has 1 aromatic rings. The van der Waals surface area contributed by atoms with Crippen LogP contribution in [0.15, 0.2) is 18.2 Å². The Morgan fingerprint density at radius 3 is 2.57 bits per heavy atom. The van der Waals surface area contributed by atoms with Crippen molar-refractivity contribution in [1.82, 2.24) is 5.32 Å². The molecule has 1 N–H and O–H groups in total. The third kappa shape index (κ3) is 5.21. The predicted octanol–water partition coefficient (Wildman–Crippen LogP) is 3.65. The van der Waals surface area contributed by atoms with Crippen LogP contribution in [-0.2, 0) is 9.59 Å². The standard InChI is InChI=1S/C15H20Cl2N2O2/c1-4-10(2)18-14(21)8-9-19(11(3)20)13-7-5-6-12(16)15(13)17/h5-7,10H,4,8-9H2,1-3H3,(H,18,21). The third-order valence-electron chi connectivity index (χ3n) is 3.18. The number of rotatable bonds is 6. The van der Waals surface area contributed by atoms with E-state index >= 15 is 0 Å². The molecule has 0 aromatic heterocycles. The zero-order valence-electron chi connectivity index (χ0n) is 12.5. The summed E-state index contributed by atoms with van der Waals surface area (Å²) in [4.78, 5) is 25.1. The quantitative estimate of drug-likeness (QED) is 0.865. The smallest absolute Gasteiger partial charge is 0.223 e. The van der Waals surface area contributed by atoms with Crippen molar-refractivity contribution in [2.75, 3.05) is 11.4 Å². The Morgan fingerprint density at radius 2 is 2.00 bits per heavy atom. The molecule has 116 valence electrons. The number of anilines is 1. The van der Waals surface area contributed by atoms with Gasteiger partial charge in [-0.15, -0.1) is 0 Å². The number of nitrogens with zero attached hydrogens (tertiary/aromatic N) is 1. The molecule has 0 aliphatic carbocycles.